The molecule has 148 valence electrons. The van der Waals surface area contributed by atoms with Crippen LogP contribution in [0.4, 0.5) is 0 Å². The number of benzene rings is 2. The van der Waals surface area contributed by atoms with Gasteiger partial charge in [0.1, 0.15) is 5.75 Å². The van der Waals surface area contributed by atoms with Gasteiger partial charge in [0.15, 0.2) is 0 Å². The molecular formula is C22H22N4O3. The maximum atomic E-state index is 12.8. The summed E-state index contributed by atoms with van der Waals surface area (Å²) in [6.07, 6.45) is 3.33. The zero-order valence-electron chi connectivity index (χ0n) is 16.2. The molecule has 0 saturated carbocycles. The van der Waals surface area contributed by atoms with E-state index in [1.54, 1.807) is 58.3 Å². The third-order valence-electron chi connectivity index (χ3n) is 5.04. The van der Waals surface area contributed by atoms with Gasteiger partial charge >= 0.3 is 0 Å². The van der Waals surface area contributed by atoms with Crippen molar-refractivity contribution < 1.29 is 14.3 Å². The molecule has 1 fully saturated rings. The van der Waals surface area contributed by atoms with Crippen molar-refractivity contribution in [3.8, 4) is 11.4 Å². The highest BCUT2D eigenvalue weighted by molar-refractivity contribution is 5.95. The number of hydrogen-bond donors (Lipinski definition) is 0. The van der Waals surface area contributed by atoms with Gasteiger partial charge in [0.2, 0.25) is 0 Å². The van der Waals surface area contributed by atoms with Crippen LogP contribution in [0.25, 0.3) is 5.69 Å². The minimum atomic E-state index is -0.0660. The number of hydrogen-bond acceptors (Lipinski definition) is 4. The van der Waals surface area contributed by atoms with Gasteiger partial charge in [0.25, 0.3) is 11.8 Å². The lowest BCUT2D eigenvalue weighted by Gasteiger charge is -2.34. The largest absolute Gasteiger partial charge is 0.497 e. The second-order valence-electron chi connectivity index (χ2n) is 6.82. The Labute approximate surface area is 169 Å². The van der Waals surface area contributed by atoms with E-state index < -0.39 is 0 Å². The Morgan fingerprint density at radius 1 is 0.828 bits per heavy atom. The van der Waals surface area contributed by atoms with Crippen molar-refractivity contribution in [3.05, 3.63) is 78.1 Å². The molecule has 2 heterocycles. The summed E-state index contributed by atoms with van der Waals surface area (Å²) < 4.78 is 6.82. The summed E-state index contributed by atoms with van der Waals surface area (Å²) in [6.45, 7) is 2.00. The number of para-hydroxylation sites is 1. The molecule has 2 amide bonds. The minimum absolute atomic E-state index is 0.0309. The molecule has 1 aliphatic rings. The zero-order chi connectivity index (χ0) is 20.2. The minimum Gasteiger partial charge on any atom is -0.497 e. The molecule has 2 aromatic carbocycles. The number of aromatic nitrogens is 2. The van der Waals surface area contributed by atoms with E-state index in [0.717, 1.165) is 5.69 Å². The number of piperazine rings is 1. The van der Waals surface area contributed by atoms with Crippen LogP contribution in [-0.4, -0.2) is 64.7 Å². The molecule has 4 rings (SSSR count). The molecule has 7 nitrogen and oxygen atoms in total. The molecule has 1 saturated heterocycles. The molecule has 7 heteroatoms. The maximum absolute atomic E-state index is 12.8. The average molecular weight is 390 g/mol. The van der Waals surface area contributed by atoms with E-state index >= 15 is 0 Å². The van der Waals surface area contributed by atoms with E-state index in [1.807, 2.05) is 30.3 Å². The van der Waals surface area contributed by atoms with Crippen LogP contribution in [0, 0.1) is 0 Å². The number of carbonyl (C=O) groups is 2. The van der Waals surface area contributed by atoms with Gasteiger partial charge in [-0.05, 0) is 36.4 Å². The lowest BCUT2D eigenvalue weighted by molar-refractivity contribution is 0.0535. The molecule has 0 radical (unpaired) electrons. The number of nitrogens with zero attached hydrogens (tertiary/aromatic N) is 4. The number of carbonyl (C=O) groups excluding carboxylic acids is 2. The molecule has 0 unspecified atom stereocenters. The standard InChI is InChI=1S/C22H22N4O3/c1-29-20-9-7-17(8-10-20)21(27)24-11-13-25(14-12-24)22(28)18-15-23-26(16-18)19-5-3-2-4-6-19/h2-10,15-16H,11-14H2,1H3. The van der Waals surface area contributed by atoms with Crippen LogP contribution in [-0.2, 0) is 0 Å². The summed E-state index contributed by atoms with van der Waals surface area (Å²) in [4.78, 5) is 29.0. The number of ether oxygens (including phenoxy) is 1. The Bertz CT molecular complexity index is 990. The lowest BCUT2D eigenvalue weighted by Crippen LogP contribution is -2.50. The molecule has 0 spiro atoms. The Hall–Kier alpha value is -3.61. The first kappa shape index (κ1) is 18.7. The number of rotatable bonds is 4. The predicted octanol–water partition coefficient (Wildman–Crippen LogP) is 2.48. The van der Waals surface area contributed by atoms with Crippen LogP contribution < -0.4 is 4.74 Å². The molecule has 3 aromatic rings. The summed E-state index contributed by atoms with van der Waals surface area (Å²) in [5.74, 6) is 0.619. The maximum Gasteiger partial charge on any atom is 0.257 e. The zero-order valence-corrected chi connectivity index (χ0v) is 16.2. The van der Waals surface area contributed by atoms with Gasteiger partial charge in [-0.2, -0.15) is 5.10 Å². The first-order valence-corrected chi connectivity index (χ1v) is 9.48. The van der Waals surface area contributed by atoms with Crippen LogP contribution in [0.15, 0.2) is 67.0 Å². The van der Waals surface area contributed by atoms with Crippen molar-refractivity contribution in [1.82, 2.24) is 19.6 Å². The van der Waals surface area contributed by atoms with E-state index in [4.69, 9.17) is 4.74 Å². The summed E-state index contributed by atoms with van der Waals surface area (Å²) in [5, 5.41) is 4.29. The first-order chi connectivity index (χ1) is 14.2. The lowest BCUT2D eigenvalue weighted by atomic mass is 10.1. The normalized spacial score (nSPS) is 14.0. The van der Waals surface area contributed by atoms with Gasteiger partial charge in [-0.3, -0.25) is 9.59 Å². The van der Waals surface area contributed by atoms with Gasteiger partial charge in [-0.15, -0.1) is 0 Å². The third kappa shape index (κ3) is 3.99. The molecule has 1 aromatic heterocycles. The van der Waals surface area contributed by atoms with Crippen molar-refractivity contribution in [2.24, 2.45) is 0 Å². The van der Waals surface area contributed by atoms with Crippen LogP contribution in [0.3, 0.4) is 0 Å². The van der Waals surface area contributed by atoms with Crippen LogP contribution in [0.2, 0.25) is 0 Å². The van der Waals surface area contributed by atoms with Crippen molar-refractivity contribution >= 4 is 11.8 Å². The summed E-state index contributed by atoms with van der Waals surface area (Å²) in [6, 6.07) is 16.7. The van der Waals surface area contributed by atoms with Gasteiger partial charge in [-0.25, -0.2) is 4.68 Å². The molecule has 0 aliphatic carbocycles. The fraction of sp³-hybridized carbons (Fsp3) is 0.227. The second-order valence-corrected chi connectivity index (χ2v) is 6.82. The molecule has 0 atom stereocenters. The predicted molar refractivity (Wildman–Crippen MR) is 108 cm³/mol. The number of amides is 2. The Balaban J connectivity index is 1.37. The van der Waals surface area contributed by atoms with Crippen molar-refractivity contribution in [2.75, 3.05) is 33.3 Å². The van der Waals surface area contributed by atoms with E-state index in [-0.39, 0.29) is 11.8 Å². The highest BCUT2D eigenvalue weighted by Gasteiger charge is 2.26. The second kappa shape index (κ2) is 8.18. The molecular weight excluding hydrogens is 368 g/mol. The van der Waals surface area contributed by atoms with Crippen LogP contribution >= 0.6 is 0 Å². The summed E-state index contributed by atoms with van der Waals surface area (Å²) in [7, 11) is 1.59. The molecule has 0 N–H and O–H groups in total. The SMILES string of the molecule is COc1ccc(C(=O)N2CCN(C(=O)c3cnn(-c4ccccc4)c3)CC2)cc1. The van der Waals surface area contributed by atoms with Crippen molar-refractivity contribution in [3.63, 3.8) is 0 Å². The average Bonchev–Trinajstić information content (AvgIpc) is 3.29. The number of methoxy groups -OCH3 is 1. The molecule has 1 aliphatic heterocycles. The quantitative estimate of drug-likeness (QED) is 0.686. The summed E-state index contributed by atoms with van der Waals surface area (Å²) >= 11 is 0. The Kier molecular flexibility index (Phi) is 5.29. The summed E-state index contributed by atoms with van der Waals surface area (Å²) in [5.41, 5.74) is 2.07. The Morgan fingerprint density at radius 3 is 2.00 bits per heavy atom. The first-order valence-electron chi connectivity index (χ1n) is 9.48. The Morgan fingerprint density at radius 2 is 1.41 bits per heavy atom. The van der Waals surface area contributed by atoms with Gasteiger partial charge in [-0.1, -0.05) is 18.2 Å². The molecule has 29 heavy (non-hydrogen) atoms. The van der Waals surface area contributed by atoms with E-state index in [9.17, 15) is 9.59 Å². The van der Waals surface area contributed by atoms with Crippen LogP contribution in [0.1, 0.15) is 20.7 Å². The third-order valence-corrected chi connectivity index (χ3v) is 5.04. The molecule has 0 bridgehead atoms. The topological polar surface area (TPSA) is 67.7 Å². The van der Waals surface area contributed by atoms with E-state index in [1.165, 1.54) is 0 Å². The fourth-order valence-electron chi connectivity index (χ4n) is 3.37. The van der Waals surface area contributed by atoms with Gasteiger partial charge in [0.05, 0.1) is 24.6 Å². The smallest absolute Gasteiger partial charge is 0.257 e. The van der Waals surface area contributed by atoms with E-state index in [2.05, 4.69) is 5.10 Å². The monoisotopic (exact) mass is 390 g/mol. The van der Waals surface area contributed by atoms with Crippen molar-refractivity contribution in [1.29, 1.82) is 0 Å². The van der Waals surface area contributed by atoms with Crippen molar-refractivity contribution in [2.45, 2.75) is 0 Å². The van der Waals surface area contributed by atoms with E-state index in [0.29, 0.717) is 43.1 Å². The highest BCUT2D eigenvalue weighted by Crippen LogP contribution is 2.16. The highest BCUT2D eigenvalue weighted by atomic mass is 16.5. The van der Waals surface area contributed by atoms with Gasteiger partial charge in [0, 0.05) is 37.9 Å². The van der Waals surface area contributed by atoms with Crippen LogP contribution in [0.5, 0.6) is 5.75 Å². The fourth-order valence-corrected chi connectivity index (χ4v) is 3.37. The van der Waals surface area contributed by atoms with Gasteiger partial charge < -0.3 is 14.5 Å².